The van der Waals surface area contributed by atoms with Crippen LogP contribution in [0.15, 0.2) is 47.6 Å². The van der Waals surface area contributed by atoms with Gasteiger partial charge in [0.15, 0.2) is 0 Å². The molecule has 1 aromatic carbocycles. The minimum absolute atomic E-state index is 0.0202. The second-order valence-electron chi connectivity index (χ2n) is 8.19. The minimum Gasteiger partial charge on any atom is -0.392 e. The van der Waals surface area contributed by atoms with Crippen LogP contribution in [0, 0.1) is 5.92 Å². The van der Waals surface area contributed by atoms with Crippen LogP contribution in [0.3, 0.4) is 0 Å². The molecule has 5 nitrogen and oxygen atoms in total. The molecule has 0 radical (unpaired) electrons. The molecule has 140 valence electrons. The molecule has 3 atom stereocenters. The van der Waals surface area contributed by atoms with Crippen molar-refractivity contribution in [1.82, 2.24) is 4.90 Å². The number of nitrogens with zero attached hydrogens (tertiary/aromatic N) is 2. The Morgan fingerprint density at radius 3 is 2.93 bits per heavy atom. The summed E-state index contributed by atoms with van der Waals surface area (Å²) in [6.07, 6.45) is 5.47. The Morgan fingerprint density at radius 2 is 2.11 bits per heavy atom. The standard InChI is InChI=1S/C22H24N2O3/c1-23-10-9-22-17-4-2-3-5-18(17)24-20(27)7-6-15(21(22)24)16(12-19(22)26)14(13-23)8-11-25/h2-6,8,16,21,25H,7,9-13H2,1H3. The number of hydrogen-bond acceptors (Lipinski definition) is 4. The van der Waals surface area contributed by atoms with Gasteiger partial charge in [-0.05, 0) is 37.2 Å². The average molecular weight is 364 g/mol. The number of anilines is 1. The van der Waals surface area contributed by atoms with Gasteiger partial charge in [-0.2, -0.15) is 0 Å². The van der Waals surface area contributed by atoms with Crippen LogP contribution in [0.25, 0.3) is 0 Å². The highest BCUT2D eigenvalue weighted by molar-refractivity contribution is 6.08. The van der Waals surface area contributed by atoms with Crippen molar-refractivity contribution in [2.45, 2.75) is 30.7 Å². The van der Waals surface area contributed by atoms with Gasteiger partial charge in [-0.25, -0.2) is 0 Å². The lowest BCUT2D eigenvalue weighted by Gasteiger charge is -2.47. The SMILES string of the molecule is CN1CCC23C(=O)CC(C(=CCO)C1)C1=CCC(=O)N(c4ccccc42)C13. The maximum atomic E-state index is 13.7. The number of benzene rings is 1. The Kier molecular flexibility index (Phi) is 3.68. The number of aliphatic hydroxyl groups is 1. The third kappa shape index (κ3) is 2.13. The molecule has 5 aliphatic rings. The van der Waals surface area contributed by atoms with E-state index in [9.17, 15) is 14.7 Å². The van der Waals surface area contributed by atoms with Gasteiger partial charge in [0.2, 0.25) is 5.91 Å². The summed E-state index contributed by atoms with van der Waals surface area (Å²) < 4.78 is 0. The lowest BCUT2D eigenvalue weighted by atomic mass is 9.59. The topological polar surface area (TPSA) is 60.9 Å². The van der Waals surface area contributed by atoms with Crippen molar-refractivity contribution < 1.29 is 14.7 Å². The molecule has 6 rings (SSSR count). The number of fused-ring (bicyclic) bond motifs is 7. The molecule has 0 aromatic heterocycles. The van der Waals surface area contributed by atoms with Gasteiger partial charge in [-0.15, -0.1) is 0 Å². The molecule has 2 saturated heterocycles. The quantitative estimate of drug-likeness (QED) is 0.772. The normalized spacial score (nSPS) is 34.1. The summed E-state index contributed by atoms with van der Waals surface area (Å²) in [6.45, 7) is 1.50. The molecule has 3 fully saturated rings. The first kappa shape index (κ1) is 16.9. The Labute approximate surface area is 159 Å². The summed E-state index contributed by atoms with van der Waals surface area (Å²) in [5.41, 5.74) is 3.57. The van der Waals surface area contributed by atoms with Crippen LogP contribution in [-0.4, -0.2) is 54.5 Å². The molecule has 1 amide bonds. The maximum Gasteiger partial charge on any atom is 0.231 e. The van der Waals surface area contributed by atoms with Gasteiger partial charge in [0.1, 0.15) is 5.78 Å². The first-order valence-corrected chi connectivity index (χ1v) is 9.71. The van der Waals surface area contributed by atoms with Crippen molar-refractivity contribution in [3.05, 3.63) is 53.1 Å². The van der Waals surface area contributed by atoms with Crippen molar-refractivity contribution in [1.29, 1.82) is 0 Å². The maximum absolute atomic E-state index is 13.7. The van der Waals surface area contributed by atoms with E-state index in [0.29, 0.717) is 19.3 Å². The molecular formula is C22H24N2O3. The molecule has 4 heterocycles. The Morgan fingerprint density at radius 1 is 1.30 bits per heavy atom. The van der Waals surface area contributed by atoms with E-state index in [4.69, 9.17) is 0 Å². The highest BCUT2D eigenvalue weighted by atomic mass is 16.2. The van der Waals surface area contributed by atoms with E-state index in [1.807, 2.05) is 35.2 Å². The highest BCUT2D eigenvalue weighted by Gasteiger charge is 2.62. The number of ketones is 1. The van der Waals surface area contributed by atoms with Gasteiger partial charge >= 0.3 is 0 Å². The molecule has 1 N–H and O–H groups in total. The van der Waals surface area contributed by atoms with Crippen molar-refractivity contribution in [2.75, 3.05) is 31.6 Å². The third-order valence-electron chi connectivity index (χ3n) is 6.90. The Balaban J connectivity index is 1.79. The fraction of sp³-hybridized carbons (Fsp3) is 0.455. The zero-order valence-electron chi connectivity index (χ0n) is 15.5. The van der Waals surface area contributed by atoms with E-state index >= 15 is 0 Å². The lowest BCUT2D eigenvalue weighted by molar-refractivity contribution is -0.127. The number of carbonyl (C=O) groups excluding carboxylic acids is 2. The smallest absolute Gasteiger partial charge is 0.231 e. The van der Waals surface area contributed by atoms with E-state index in [-0.39, 0.29) is 30.3 Å². The van der Waals surface area contributed by atoms with E-state index in [0.717, 1.165) is 29.9 Å². The fourth-order valence-corrected chi connectivity index (χ4v) is 5.76. The zero-order chi connectivity index (χ0) is 18.8. The molecule has 4 aliphatic heterocycles. The van der Waals surface area contributed by atoms with Gasteiger partial charge in [0.25, 0.3) is 0 Å². The van der Waals surface area contributed by atoms with E-state index in [2.05, 4.69) is 18.0 Å². The molecule has 27 heavy (non-hydrogen) atoms. The van der Waals surface area contributed by atoms with Crippen LogP contribution in [-0.2, 0) is 15.0 Å². The molecule has 1 aromatic rings. The number of aliphatic hydroxyl groups excluding tert-OH is 1. The van der Waals surface area contributed by atoms with E-state index in [1.54, 1.807) is 0 Å². The summed E-state index contributed by atoms with van der Waals surface area (Å²) in [5.74, 6) is 0.290. The number of Topliss-reactive ketones (excluding diaryl/α,β-unsaturated/α-hetero) is 1. The average Bonchev–Trinajstić information content (AvgIpc) is 3.00. The summed E-state index contributed by atoms with van der Waals surface area (Å²) >= 11 is 0. The monoisotopic (exact) mass is 364 g/mol. The van der Waals surface area contributed by atoms with Crippen molar-refractivity contribution in [2.24, 2.45) is 5.92 Å². The minimum atomic E-state index is -0.641. The largest absolute Gasteiger partial charge is 0.392 e. The van der Waals surface area contributed by atoms with Crippen LogP contribution in [0.5, 0.6) is 0 Å². The molecular weight excluding hydrogens is 340 g/mol. The van der Waals surface area contributed by atoms with Crippen molar-refractivity contribution >= 4 is 17.4 Å². The Hall–Kier alpha value is -2.24. The molecule has 1 spiro atoms. The predicted molar refractivity (Wildman–Crippen MR) is 102 cm³/mol. The number of rotatable bonds is 1. The Bertz CT molecular complexity index is 903. The van der Waals surface area contributed by atoms with Crippen LogP contribution < -0.4 is 4.90 Å². The van der Waals surface area contributed by atoms with Crippen LogP contribution in [0.4, 0.5) is 5.69 Å². The second kappa shape index (κ2) is 5.88. The molecule has 1 aliphatic carbocycles. The van der Waals surface area contributed by atoms with Gasteiger partial charge in [-0.3, -0.25) is 9.59 Å². The van der Waals surface area contributed by atoms with E-state index in [1.165, 1.54) is 5.57 Å². The molecule has 2 bridgehead atoms. The number of para-hydroxylation sites is 1. The number of amides is 1. The predicted octanol–water partition coefficient (Wildman–Crippen LogP) is 1.81. The fourth-order valence-electron chi connectivity index (χ4n) is 5.76. The van der Waals surface area contributed by atoms with Gasteiger partial charge in [-0.1, -0.05) is 35.9 Å². The van der Waals surface area contributed by atoms with Crippen molar-refractivity contribution in [3.8, 4) is 0 Å². The number of likely N-dealkylation sites (N-methyl/N-ethyl adjacent to an activating group) is 1. The van der Waals surface area contributed by atoms with Crippen molar-refractivity contribution in [3.63, 3.8) is 0 Å². The van der Waals surface area contributed by atoms with Gasteiger partial charge in [0.05, 0.1) is 18.1 Å². The lowest BCUT2D eigenvalue weighted by Crippen LogP contribution is -2.58. The third-order valence-corrected chi connectivity index (χ3v) is 6.90. The second-order valence-corrected chi connectivity index (χ2v) is 8.19. The summed E-state index contributed by atoms with van der Waals surface area (Å²) in [5, 5.41) is 9.56. The summed E-state index contributed by atoms with van der Waals surface area (Å²) in [6, 6.07) is 7.74. The number of hydrogen-bond donors (Lipinski definition) is 1. The first-order chi connectivity index (χ1) is 13.1. The summed E-state index contributed by atoms with van der Waals surface area (Å²) in [4.78, 5) is 30.7. The molecule has 1 saturated carbocycles. The highest BCUT2D eigenvalue weighted by Crippen LogP contribution is 2.58. The molecule has 3 unspecified atom stereocenters. The summed E-state index contributed by atoms with van der Waals surface area (Å²) in [7, 11) is 2.07. The first-order valence-electron chi connectivity index (χ1n) is 9.71. The van der Waals surface area contributed by atoms with Gasteiger partial charge < -0.3 is 14.9 Å². The van der Waals surface area contributed by atoms with Crippen LogP contribution >= 0.6 is 0 Å². The zero-order valence-corrected chi connectivity index (χ0v) is 15.5. The van der Waals surface area contributed by atoms with Gasteiger partial charge in [0, 0.05) is 31.0 Å². The number of carbonyl (C=O) groups is 2. The molecule has 5 heteroatoms. The van der Waals surface area contributed by atoms with E-state index < -0.39 is 5.41 Å². The van der Waals surface area contributed by atoms with Crippen LogP contribution in [0.1, 0.15) is 24.8 Å². The van der Waals surface area contributed by atoms with Crippen LogP contribution in [0.2, 0.25) is 0 Å².